The number of nitrogens with one attached hydrogen (secondary N) is 1. The molecule has 0 saturated carbocycles. The molecule has 3 N–H and O–H groups in total. The Labute approximate surface area is 207 Å². The maximum atomic E-state index is 12.8. The number of aliphatic carboxylic acids is 1. The normalized spacial score (nSPS) is 12.4. The number of carboxylic acid groups (broad SMARTS) is 1. The van der Waals surface area contributed by atoms with Gasteiger partial charge in [0.05, 0.1) is 6.61 Å². The molecule has 9 nitrogen and oxygen atoms in total. The van der Waals surface area contributed by atoms with Crippen molar-refractivity contribution in [3.05, 3.63) is 108 Å². The average Bonchev–Trinajstić information content (AvgIpc) is 2.90. The Balaban J connectivity index is 1.96. The lowest BCUT2D eigenvalue weighted by Gasteiger charge is -2.27. The molecule has 0 radical (unpaired) electrons. The Morgan fingerprint density at radius 3 is 2.19 bits per heavy atom. The van der Waals surface area contributed by atoms with E-state index in [0.717, 1.165) is 6.08 Å². The standard InChI is InChI=1S/C27H25NO8/c29-17-18-34-22-14-8-7-13-21(22)25(36-27(33)28-26(32)19-9-3-1-4-10-19)23(15-16-24(30)31)35-20-11-5-2-6-12-20/h1-16,23,25,29H,17-18H2,(H,30,31)(H,28,32,33)/b16-15+/t23-,25-/m1/s1. The highest BCUT2D eigenvalue weighted by Gasteiger charge is 2.31. The molecule has 0 aromatic heterocycles. The topological polar surface area (TPSA) is 131 Å². The van der Waals surface area contributed by atoms with Gasteiger partial charge in [0.2, 0.25) is 0 Å². The van der Waals surface area contributed by atoms with Crippen LogP contribution < -0.4 is 14.8 Å². The predicted octanol–water partition coefficient (Wildman–Crippen LogP) is 3.75. The molecule has 0 saturated heterocycles. The second-order valence-electron chi connectivity index (χ2n) is 7.35. The molecule has 36 heavy (non-hydrogen) atoms. The fourth-order valence-corrected chi connectivity index (χ4v) is 3.24. The van der Waals surface area contributed by atoms with Crippen molar-refractivity contribution in [1.82, 2.24) is 5.32 Å². The number of aliphatic hydroxyl groups is 1. The molecule has 0 aliphatic carbocycles. The Hall–Kier alpha value is -4.63. The molecule has 0 aliphatic rings. The van der Waals surface area contributed by atoms with Gasteiger partial charge < -0.3 is 24.4 Å². The molecule has 0 aliphatic heterocycles. The van der Waals surface area contributed by atoms with Crippen molar-refractivity contribution in [3.63, 3.8) is 0 Å². The molecule has 9 heteroatoms. The first-order chi connectivity index (χ1) is 17.5. The van der Waals surface area contributed by atoms with E-state index in [1.165, 1.54) is 18.2 Å². The zero-order chi connectivity index (χ0) is 25.8. The summed E-state index contributed by atoms with van der Waals surface area (Å²) in [5.41, 5.74) is 0.588. The third-order valence-electron chi connectivity index (χ3n) is 4.80. The number of rotatable bonds is 11. The van der Waals surface area contributed by atoms with Crippen molar-refractivity contribution in [2.45, 2.75) is 12.2 Å². The van der Waals surface area contributed by atoms with Crippen molar-refractivity contribution in [1.29, 1.82) is 0 Å². The summed E-state index contributed by atoms with van der Waals surface area (Å²) in [6.45, 7) is -0.285. The maximum Gasteiger partial charge on any atom is 0.414 e. The highest BCUT2D eigenvalue weighted by molar-refractivity contribution is 6.02. The van der Waals surface area contributed by atoms with Crippen LogP contribution in [-0.2, 0) is 9.53 Å². The van der Waals surface area contributed by atoms with Crippen LogP contribution in [0.5, 0.6) is 11.5 Å². The van der Waals surface area contributed by atoms with Crippen molar-refractivity contribution < 1.29 is 38.8 Å². The zero-order valence-corrected chi connectivity index (χ0v) is 19.2. The number of alkyl carbamates (subject to hydrolysis) is 1. The van der Waals surface area contributed by atoms with E-state index in [1.807, 2.05) is 0 Å². The molecule has 0 heterocycles. The SMILES string of the molecule is O=C(O)/C=C/[C@@H](Oc1ccccc1)[C@H](OC(=O)NC(=O)c1ccccc1)c1ccccc1OCCO. The second kappa shape index (κ2) is 13.3. The van der Waals surface area contributed by atoms with Crippen LogP contribution in [0.3, 0.4) is 0 Å². The summed E-state index contributed by atoms with van der Waals surface area (Å²) < 4.78 is 17.2. The van der Waals surface area contributed by atoms with Gasteiger partial charge in [0, 0.05) is 17.2 Å². The number of carboxylic acids is 1. The number of imide groups is 1. The number of para-hydroxylation sites is 2. The minimum atomic E-state index is -1.24. The molecular weight excluding hydrogens is 466 g/mol. The summed E-state index contributed by atoms with van der Waals surface area (Å²) in [5.74, 6) is -1.24. The second-order valence-corrected chi connectivity index (χ2v) is 7.35. The lowest BCUT2D eigenvalue weighted by molar-refractivity contribution is -0.131. The van der Waals surface area contributed by atoms with Crippen LogP contribution in [0.25, 0.3) is 0 Å². The smallest absolute Gasteiger partial charge is 0.414 e. The van der Waals surface area contributed by atoms with E-state index in [1.54, 1.807) is 72.8 Å². The van der Waals surface area contributed by atoms with Crippen molar-refractivity contribution >= 4 is 18.0 Å². The number of aliphatic hydroxyl groups excluding tert-OH is 1. The fourth-order valence-electron chi connectivity index (χ4n) is 3.24. The van der Waals surface area contributed by atoms with Gasteiger partial charge in [0.15, 0.2) is 12.2 Å². The van der Waals surface area contributed by atoms with Gasteiger partial charge >= 0.3 is 12.1 Å². The van der Waals surface area contributed by atoms with E-state index < -0.39 is 30.2 Å². The van der Waals surface area contributed by atoms with Crippen LogP contribution in [0.4, 0.5) is 4.79 Å². The Morgan fingerprint density at radius 1 is 0.889 bits per heavy atom. The van der Waals surface area contributed by atoms with Gasteiger partial charge in [-0.2, -0.15) is 0 Å². The predicted molar refractivity (Wildman–Crippen MR) is 130 cm³/mol. The summed E-state index contributed by atoms with van der Waals surface area (Å²) in [6, 6.07) is 23.2. The summed E-state index contributed by atoms with van der Waals surface area (Å²) >= 11 is 0. The fraction of sp³-hybridized carbons (Fsp3) is 0.148. The van der Waals surface area contributed by atoms with Crippen LogP contribution in [-0.4, -0.2) is 47.5 Å². The lowest BCUT2D eigenvalue weighted by Crippen LogP contribution is -2.36. The van der Waals surface area contributed by atoms with Crippen molar-refractivity contribution in [3.8, 4) is 11.5 Å². The number of carbonyl (C=O) groups excluding carboxylic acids is 2. The first-order valence-electron chi connectivity index (χ1n) is 11.0. The van der Waals surface area contributed by atoms with Crippen LogP contribution in [0.2, 0.25) is 0 Å². The minimum absolute atomic E-state index is 0.0302. The first-order valence-corrected chi connectivity index (χ1v) is 11.0. The Bertz CT molecular complexity index is 1180. The number of carbonyl (C=O) groups is 3. The van der Waals surface area contributed by atoms with Crippen LogP contribution in [0.1, 0.15) is 22.0 Å². The van der Waals surface area contributed by atoms with Gasteiger partial charge in [0.1, 0.15) is 18.1 Å². The Kier molecular flexibility index (Phi) is 9.60. The number of ether oxygens (including phenoxy) is 3. The molecule has 3 aromatic carbocycles. The molecular formula is C27H25NO8. The molecule has 3 rings (SSSR count). The van der Waals surface area contributed by atoms with E-state index >= 15 is 0 Å². The average molecular weight is 491 g/mol. The number of hydrogen-bond donors (Lipinski definition) is 3. The van der Waals surface area contributed by atoms with Crippen LogP contribution >= 0.6 is 0 Å². The summed E-state index contributed by atoms with van der Waals surface area (Å²) in [6.07, 6.45) is -1.33. The van der Waals surface area contributed by atoms with Gasteiger partial charge in [-0.25, -0.2) is 9.59 Å². The van der Waals surface area contributed by atoms with Gasteiger partial charge in [0.25, 0.3) is 5.91 Å². The highest BCUT2D eigenvalue weighted by Crippen LogP contribution is 2.33. The van der Waals surface area contributed by atoms with E-state index in [9.17, 15) is 24.6 Å². The number of hydrogen-bond acceptors (Lipinski definition) is 7. The quantitative estimate of drug-likeness (QED) is 0.346. The van der Waals surface area contributed by atoms with Crippen molar-refractivity contribution in [2.24, 2.45) is 0 Å². The molecule has 0 unspecified atom stereocenters. The van der Waals surface area contributed by atoms with E-state index in [2.05, 4.69) is 5.32 Å². The molecule has 0 spiro atoms. The van der Waals surface area contributed by atoms with Crippen LogP contribution in [0, 0.1) is 0 Å². The summed E-state index contributed by atoms with van der Waals surface area (Å²) in [4.78, 5) is 36.6. The minimum Gasteiger partial charge on any atom is -0.491 e. The van der Waals surface area contributed by atoms with Crippen molar-refractivity contribution in [2.75, 3.05) is 13.2 Å². The lowest BCUT2D eigenvalue weighted by atomic mass is 10.0. The van der Waals surface area contributed by atoms with Gasteiger partial charge in [-0.3, -0.25) is 10.1 Å². The Morgan fingerprint density at radius 2 is 1.53 bits per heavy atom. The molecule has 2 atom stereocenters. The number of amides is 2. The first kappa shape index (κ1) is 26.0. The summed E-state index contributed by atoms with van der Waals surface area (Å²) in [7, 11) is 0. The van der Waals surface area contributed by atoms with Gasteiger partial charge in [-0.15, -0.1) is 0 Å². The molecule has 186 valence electrons. The van der Waals surface area contributed by atoms with Crippen LogP contribution in [0.15, 0.2) is 97.1 Å². The highest BCUT2D eigenvalue weighted by atomic mass is 16.6. The van der Waals surface area contributed by atoms with Gasteiger partial charge in [-0.1, -0.05) is 54.6 Å². The van der Waals surface area contributed by atoms with E-state index in [0.29, 0.717) is 11.3 Å². The van der Waals surface area contributed by atoms with E-state index in [4.69, 9.17) is 14.2 Å². The van der Waals surface area contributed by atoms with E-state index in [-0.39, 0.29) is 24.5 Å². The third kappa shape index (κ3) is 7.71. The monoisotopic (exact) mass is 491 g/mol. The number of benzene rings is 3. The van der Waals surface area contributed by atoms with Gasteiger partial charge in [-0.05, 0) is 36.4 Å². The third-order valence-corrected chi connectivity index (χ3v) is 4.80. The molecule has 0 bridgehead atoms. The molecule has 3 aromatic rings. The largest absolute Gasteiger partial charge is 0.491 e. The maximum absolute atomic E-state index is 12.8. The molecule has 2 amide bonds. The zero-order valence-electron chi connectivity index (χ0n) is 19.2. The summed E-state index contributed by atoms with van der Waals surface area (Å²) in [5, 5.41) is 20.6. The molecule has 0 fully saturated rings.